The first kappa shape index (κ1) is 19.8. The minimum Gasteiger partial charge on any atom is -0.351 e. The van der Waals surface area contributed by atoms with Crippen molar-refractivity contribution in [3.8, 4) is 0 Å². The van der Waals surface area contributed by atoms with Crippen LogP contribution < -0.4 is 5.32 Å². The van der Waals surface area contributed by atoms with Crippen LogP contribution in [0.2, 0.25) is 0 Å². The maximum atomic E-state index is 12.4. The van der Waals surface area contributed by atoms with Crippen molar-refractivity contribution in [2.75, 3.05) is 6.54 Å². The lowest BCUT2D eigenvalue weighted by atomic mass is 9.94. The summed E-state index contributed by atoms with van der Waals surface area (Å²) in [5, 5.41) is 3.06. The van der Waals surface area contributed by atoms with Crippen molar-refractivity contribution in [2.45, 2.75) is 45.6 Å². The summed E-state index contributed by atoms with van der Waals surface area (Å²) < 4.78 is 0. The highest BCUT2D eigenvalue weighted by molar-refractivity contribution is 6.21. The highest BCUT2D eigenvalue weighted by Crippen LogP contribution is 2.22. The molecule has 2 aromatic carbocycles. The number of fused-ring (bicyclic) bond motifs is 1. The molecule has 3 rings (SSSR count). The zero-order chi connectivity index (χ0) is 20.3. The molecule has 0 bridgehead atoms. The summed E-state index contributed by atoms with van der Waals surface area (Å²) in [6.07, 6.45) is 1.44. The summed E-state index contributed by atoms with van der Waals surface area (Å²) in [7, 11) is 0. The second-order valence-corrected chi connectivity index (χ2v) is 8.01. The number of carbonyl (C=O) groups is 3. The Morgan fingerprint density at radius 3 is 2.11 bits per heavy atom. The molecule has 1 aliphatic heterocycles. The number of imide groups is 1. The van der Waals surface area contributed by atoms with Crippen molar-refractivity contribution in [3.05, 3.63) is 70.8 Å². The van der Waals surface area contributed by atoms with Gasteiger partial charge in [-0.25, -0.2) is 0 Å². The minimum absolute atomic E-state index is 0.0753. The van der Waals surface area contributed by atoms with E-state index in [1.165, 1.54) is 16.0 Å². The number of nitrogens with zero attached hydrogens (tertiary/aromatic N) is 1. The maximum Gasteiger partial charge on any atom is 0.261 e. The van der Waals surface area contributed by atoms with E-state index in [1.807, 2.05) is 20.8 Å². The predicted molar refractivity (Wildman–Crippen MR) is 108 cm³/mol. The second kappa shape index (κ2) is 7.97. The van der Waals surface area contributed by atoms with E-state index in [1.54, 1.807) is 24.3 Å². The quantitative estimate of drug-likeness (QED) is 0.750. The Labute approximate surface area is 165 Å². The van der Waals surface area contributed by atoms with Gasteiger partial charge in [-0.1, -0.05) is 42.0 Å². The molecule has 0 aromatic heterocycles. The number of amides is 3. The van der Waals surface area contributed by atoms with E-state index < -0.39 is 0 Å². The Kier molecular flexibility index (Phi) is 5.63. The molecule has 146 valence electrons. The largest absolute Gasteiger partial charge is 0.351 e. The SMILES string of the molecule is Cc1ccc(CC(C)(C)NC(=O)CCCN2C(=O)c3ccccc3C2=O)cc1. The van der Waals surface area contributed by atoms with Crippen molar-refractivity contribution in [1.29, 1.82) is 0 Å². The molecular formula is C23H26N2O3. The Morgan fingerprint density at radius 1 is 0.964 bits per heavy atom. The van der Waals surface area contributed by atoms with E-state index in [0.717, 1.165) is 6.42 Å². The van der Waals surface area contributed by atoms with Gasteiger partial charge >= 0.3 is 0 Å². The molecule has 0 aliphatic carbocycles. The van der Waals surface area contributed by atoms with Gasteiger partial charge in [-0.05, 0) is 51.3 Å². The molecule has 1 N–H and O–H groups in total. The van der Waals surface area contributed by atoms with Crippen molar-refractivity contribution in [1.82, 2.24) is 10.2 Å². The van der Waals surface area contributed by atoms with Crippen LogP contribution in [0.5, 0.6) is 0 Å². The molecule has 5 nitrogen and oxygen atoms in total. The molecular weight excluding hydrogens is 352 g/mol. The molecule has 0 saturated heterocycles. The van der Waals surface area contributed by atoms with E-state index in [0.29, 0.717) is 17.5 Å². The van der Waals surface area contributed by atoms with Crippen LogP contribution in [-0.2, 0) is 11.2 Å². The Balaban J connectivity index is 1.49. The van der Waals surface area contributed by atoms with Gasteiger partial charge in [0.05, 0.1) is 11.1 Å². The van der Waals surface area contributed by atoms with E-state index in [-0.39, 0.29) is 36.2 Å². The van der Waals surface area contributed by atoms with Gasteiger partial charge in [0.2, 0.25) is 5.91 Å². The molecule has 0 atom stereocenters. The smallest absolute Gasteiger partial charge is 0.261 e. The zero-order valence-electron chi connectivity index (χ0n) is 16.6. The number of hydrogen-bond donors (Lipinski definition) is 1. The van der Waals surface area contributed by atoms with Crippen LogP contribution in [0.15, 0.2) is 48.5 Å². The third-order valence-corrected chi connectivity index (χ3v) is 4.91. The van der Waals surface area contributed by atoms with E-state index in [2.05, 4.69) is 29.6 Å². The van der Waals surface area contributed by atoms with Gasteiger partial charge in [-0.3, -0.25) is 19.3 Å². The van der Waals surface area contributed by atoms with Gasteiger partial charge < -0.3 is 5.32 Å². The van der Waals surface area contributed by atoms with Crippen LogP contribution in [0.25, 0.3) is 0 Å². The van der Waals surface area contributed by atoms with Crippen molar-refractivity contribution >= 4 is 17.7 Å². The van der Waals surface area contributed by atoms with Gasteiger partial charge in [-0.2, -0.15) is 0 Å². The number of nitrogens with one attached hydrogen (secondary N) is 1. The normalized spacial score (nSPS) is 13.6. The Hall–Kier alpha value is -2.95. The third kappa shape index (κ3) is 4.47. The molecule has 28 heavy (non-hydrogen) atoms. The van der Waals surface area contributed by atoms with Gasteiger partial charge in [0, 0.05) is 18.5 Å². The molecule has 1 aliphatic rings. The number of hydrogen-bond acceptors (Lipinski definition) is 3. The molecule has 0 spiro atoms. The molecule has 0 saturated carbocycles. The van der Waals surface area contributed by atoms with Gasteiger partial charge in [0.15, 0.2) is 0 Å². The number of benzene rings is 2. The molecule has 1 heterocycles. The summed E-state index contributed by atoms with van der Waals surface area (Å²) in [6, 6.07) is 15.1. The molecule has 5 heteroatoms. The summed E-state index contributed by atoms with van der Waals surface area (Å²) in [5.41, 5.74) is 2.88. The number of carbonyl (C=O) groups excluding carboxylic acids is 3. The molecule has 0 unspecified atom stereocenters. The van der Waals surface area contributed by atoms with Crippen LogP contribution in [-0.4, -0.2) is 34.7 Å². The summed E-state index contributed by atoms with van der Waals surface area (Å²) in [5.74, 6) is -0.630. The monoisotopic (exact) mass is 378 g/mol. The second-order valence-electron chi connectivity index (χ2n) is 8.01. The first-order valence-corrected chi connectivity index (χ1v) is 9.59. The lowest BCUT2D eigenvalue weighted by molar-refractivity contribution is -0.122. The van der Waals surface area contributed by atoms with Crippen LogP contribution in [0, 0.1) is 6.92 Å². The van der Waals surface area contributed by atoms with Crippen molar-refractivity contribution < 1.29 is 14.4 Å². The molecule has 3 amide bonds. The average Bonchev–Trinajstić information content (AvgIpc) is 2.88. The summed E-state index contributed by atoms with van der Waals surface area (Å²) in [6.45, 7) is 6.28. The van der Waals surface area contributed by atoms with E-state index in [9.17, 15) is 14.4 Å². The zero-order valence-corrected chi connectivity index (χ0v) is 16.6. The minimum atomic E-state index is -0.373. The van der Waals surface area contributed by atoms with Crippen LogP contribution >= 0.6 is 0 Å². The topological polar surface area (TPSA) is 66.5 Å². The third-order valence-electron chi connectivity index (χ3n) is 4.91. The van der Waals surface area contributed by atoms with Crippen LogP contribution in [0.1, 0.15) is 58.5 Å². The van der Waals surface area contributed by atoms with E-state index in [4.69, 9.17) is 0 Å². The lowest BCUT2D eigenvalue weighted by Crippen LogP contribution is -2.45. The van der Waals surface area contributed by atoms with Crippen LogP contribution in [0.3, 0.4) is 0 Å². The molecule has 0 fully saturated rings. The Bertz CT molecular complexity index is 865. The van der Waals surface area contributed by atoms with Gasteiger partial charge in [-0.15, -0.1) is 0 Å². The molecule has 2 aromatic rings. The van der Waals surface area contributed by atoms with Crippen molar-refractivity contribution in [2.24, 2.45) is 0 Å². The average molecular weight is 378 g/mol. The first-order valence-electron chi connectivity index (χ1n) is 9.59. The fraction of sp³-hybridized carbons (Fsp3) is 0.348. The number of aryl methyl sites for hydroxylation is 1. The fourth-order valence-electron chi connectivity index (χ4n) is 3.54. The first-order chi connectivity index (χ1) is 13.3. The summed E-state index contributed by atoms with van der Waals surface area (Å²) in [4.78, 5) is 38.3. The summed E-state index contributed by atoms with van der Waals surface area (Å²) >= 11 is 0. The van der Waals surface area contributed by atoms with Crippen LogP contribution in [0.4, 0.5) is 0 Å². The molecule has 0 radical (unpaired) electrons. The predicted octanol–water partition coefficient (Wildman–Crippen LogP) is 3.51. The highest BCUT2D eigenvalue weighted by Gasteiger charge is 2.34. The van der Waals surface area contributed by atoms with E-state index >= 15 is 0 Å². The fourth-order valence-corrected chi connectivity index (χ4v) is 3.54. The lowest BCUT2D eigenvalue weighted by Gasteiger charge is -2.27. The van der Waals surface area contributed by atoms with Gasteiger partial charge in [0.1, 0.15) is 0 Å². The number of rotatable bonds is 7. The Morgan fingerprint density at radius 2 is 1.54 bits per heavy atom. The standard InChI is InChI=1S/C23H26N2O3/c1-16-10-12-17(13-11-16)15-23(2,3)24-20(26)9-6-14-25-21(27)18-7-4-5-8-19(18)22(25)28/h4-5,7-8,10-13H,6,9,14-15H2,1-3H3,(H,24,26). The van der Waals surface area contributed by atoms with Gasteiger partial charge in [0.25, 0.3) is 11.8 Å². The maximum absolute atomic E-state index is 12.4. The highest BCUT2D eigenvalue weighted by atomic mass is 16.2. The van der Waals surface area contributed by atoms with Crippen molar-refractivity contribution in [3.63, 3.8) is 0 Å².